The summed E-state index contributed by atoms with van der Waals surface area (Å²) in [5, 5.41) is 0. The van der Waals surface area contributed by atoms with Gasteiger partial charge in [0.1, 0.15) is 36.2 Å². The van der Waals surface area contributed by atoms with Crippen molar-refractivity contribution in [3.63, 3.8) is 0 Å². The van der Waals surface area contributed by atoms with Crippen LogP contribution in [0.1, 0.15) is 56.9 Å². The monoisotopic (exact) mass is 728 g/mol. The lowest BCUT2D eigenvalue weighted by molar-refractivity contribution is -0.937. The molecule has 0 fully saturated rings. The molecule has 0 saturated carbocycles. The predicted octanol–water partition coefficient (Wildman–Crippen LogP) is 5.49. The van der Waals surface area contributed by atoms with Gasteiger partial charge < -0.3 is 47.4 Å². The average molecular weight is 729 g/mol. The van der Waals surface area contributed by atoms with Crippen LogP contribution in [0.3, 0.4) is 0 Å². The molecule has 0 bridgehead atoms. The Morgan fingerprint density at radius 2 is 0.885 bits per heavy atom. The van der Waals surface area contributed by atoms with Gasteiger partial charge >= 0.3 is 0 Å². The van der Waals surface area contributed by atoms with Gasteiger partial charge in [-0.3, -0.25) is 4.48 Å². The third-order valence-electron chi connectivity index (χ3n) is 8.33. The summed E-state index contributed by atoms with van der Waals surface area (Å²) >= 11 is 0. The molecule has 52 heavy (non-hydrogen) atoms. The van der Waals surface area contributed by atoms with Crippen LogP contribution in [0.4, 0.5) is 0 Å². The summed E-state index contributed by atoms with van der Waals surface area (Å²) in [5.41, 5.74) is 3.03. The number of ether oxygens (including phenoxy) is 10. The molecule has 0 amide bonds. The normalized spacial score (nSPS) is 11.0. The molecule has 0 aliphatic carbocycles. The molecule has 0 saturated heterocycles. The number of hydrogen-bond acceptors (Lipinski definition) is 10. The number of quaternary nitrogens is 1. The number of rotatable bonds is 28. The molecule has 2 aromatic carbocycles. The second-order valence-electron chi connectivity index (χ2n) is 11.7. The van der Waals surface area contributed by atoms with Crippen LogP contribution in [0.25, 0.3) is 0 Å². The molecule has 11 nitrogen and oxygen atoms in total. The Balaban J connectivity index is 2.39. The molecule has 2 aromatic rings. The van der Waals surface area contributed by atoms with Gasteiger partial charge in [0.05, 0.1) is 109 Å². The van der Waals surface area contributed by atoms with E-state index in [1.165, 1.54) is 0 Å². The molecular weight excluding hydrogens is 666 g/mol. The molecule has 2 rings (SSSR count). The highest BCUT2D eigenvalue weighted by Gasteiger charge is 2.22. The maximum atomic E-state index is 6.51. The van der Waals surface area contributed by atoms with Crippen molar-refractivity contribution in [2.45, 2.75) is 41.5 Å². The maximum absolute atomic E-state index is 6.51. The average Bonchev–Trinajstić information content (AvgIpc) is 3.15. The quantitative estimate of drug-likeness (QED) is 0.0485. The molecule has 0 aromatic heterocycles. The van der Waals surface area contributed by atoms with Gasteiger partial charge in [-0.05, 0) is 59.2 Å². The molecule has 11 heteroatoms. The number of nitrogens with zero attached hydrogens (tertiary/aromatic N) is 1. The van der Waals surface area contributed by atoms with Gasteiger partial charge in [0, 0.05) is 26.4 Å². The van der Waals surface area contributed by atoms with Crippen LogP contribution in [-0.4, -0.2) is 131 Å². The van der Waals surface area contributed by atoms with Crippen LogP contribution in [0.2, 0.25) is 0 Å². The molecule has 0 spiro atoms. The van der Waals surface area contributed by atoms with Crippen LogP contribution in [0.5, 0.6) is 23.0 Å². The highest BCUT2D eigenvalue weighted by molar-refractivity contribution is 5.61. The summed E-state index contributed by atoms with van der Waals surface area (Å²) < 4.78 is 58.1. The molecular formula is C41H62NO10+. The van der Waals surface area contributed by atoms with Crippen molar-refractivity contribution in [2.24, 2.45) is 0 Å². The Kier molecular flexibility index (Phi) is 23.3. The second-order valence-corrected chi connectivity index (χ2v) is 11.7. The second kappa shape index (κ2) is 27.1. The summed E-state index contributed by atoms with van der Waals surface area (Å²) in [5.74, 6) is 15.5. The zero-order valence-corrected chi connectivity index (χ0v) is 32.9. The van der Waals surface area contributed by atoms with E-state index in [0.29, 0.717) is 121 Å². The minimum atomic E-state index is 0.310. The Labute approximate surface area is 312 Å². The van der Waals surface area contributed by atoms with E-state index < -0.39 is 0 Å². The van der Waals surface area contributed by atoms with Crippen LogP contribution in [0, 0.1) is 30.6 Å². The van der Waals surface area contributed by atoms with Crippen LogP contribution in [0.15, 0.2) is 24.3 Å². The third-order valence-corrected chi connectivity index (χ3v) is 8.33. The lowest BCUT2D eigenvalue weighted by Gasteiger charge is -2.35. The zero-order valence-electron chi connectivity index (χ0n) is 32.9. The first-order chi connectivity index (χ1) is 25.4. The number of benzene rings is 2. The van der Waals surface area contributed by atoms with Crippen molar-refractivity contribution in [1.82, 2.24) is 0 Å². The highest BCUT2D eigenvalue weighted by atomic mass is 16.6. The standard InChI is InChI=1S/C41H62NO10/c1-9-14-35-31-41(51-28-26-48-24-22-46-20-18-44-8)37(32-40(35)50-27-25-47-23-21-45-19-17-43-7)16-15-36-30-38(49-13-5)34(6)29-39(36)52-33-42(10-2,11-3)12-4/h29-32H,10-13,17-28,33H2,1-8H3/q+1. The fraction of sp³-hybridized carbons (Fsp3) is 0.610. The minimum Gasteiger partial charge on any atom is -0.494 e. The summed E-state index contributed by atoms with van der Waals surface area (Å²) in [6.45, 7) is 21.8. The van der Waals surface area contributed by atoms with Gasteiger partial charge in [-0.1, -0.05) is 17.8 Å². The number of methoxy groups -OCH3 is 2. The van der Waals surface area contributed by atoms with Crippen molar-refractivity contribution in [2.75, 3.05) is 126 Å². The fourth-order valence-corrected chi connectivity index (χ4v) is 4.95. The predicted molar refractivity (Wildman–Crippen MR) is 203 cm³/mol. The molecule has 0 aliphatic heterocycles. The van der Waals surface area contributed by atoms with E-state index in [1.54, 1.807) is 21.1 Å². The van der Waals surface area contributed by atoms with Crippen molar-refractivity contribution in [3.05, 3.63) is 46.5 Å². The van der Waals surface area contributed by atoms with E-state index >= 15 is 0 Å². The molecule has 0 N–H and O–H groups in total. The summed E-state index contributed by atoms with van der Waals surface area (Å²) in [7, 11) is 3.29. The molecule has 0 atom stereocenters. The molecule has 0 aliphatic rings. The van der Waals surface area contributed by atoms with Gasteiger partial charge in [0.2, 0.25) is 6.73 Å². The van der Waals surface area contributed by atoms with E-state index in [1.807, 2.05) is 38.1 Å². The van der Waals surface area contributed by atoms with E-state index in [9.17, 15) is 0 Å². The summed E-state index contributed by atoms with van der Waals surface area (Å²) in [6.07, 6.45) is 0. The first kappa shape index (κ1) is 44.6. The van der Waals surface area contributed by atoms with Gasteiger partial charge in [0.25, 0.3) is 0 Å². The van der Waals surface area contributed by atoms with Gasteiger partial charge in [0.15, 0.2) is 0 Å². The Hall–Kier alpha value is -3.52. The topological polar surface area (TPSA) is 92.3 Å². The Morgan fingerprint density at radius 3 is 1.31 bits per heavy atom. The molecule has 0 heterocycles. The fourth-order valence-electron chi connectivity index (χ4n) is 4.95. The van der Waals surface area contributed by atoms with Gasteiger partial charge in [-0.15, -0.1) is 5.92 Å². The van der Waals surface area contributed by atoms with E-state index in [2.05, 4.69) is 44.5 Å². The van der Waals surface area contributed by atoms with Gasteiger partial charge in [-0.2, -0.15) is 0 Å². The van der Waals surface area contributed by atoms with Crippen molar-refractivity contribution in [1.29, 1.82) is 0 Å². The Bertz CT molecular complexity index is 1400. The van der Waals surface area contributed by atoms with E-state index in [0.717, 1.165) is 41.0 Å². The van der Waals surface area contributed by atoms with E-state index in [4.69, 9.17) is 47.4 Å². The molecule has 0 radical (unpaired) electrons. The largest absolute Gasteiger partial charge is 0.494 e. The van der Waals surface area contributed by atoms with Crippen molar-refractivity contribution >= 4 is 0 Å². The Morgan fingerprint density at radius 1 is 0.481 bits per heavy atom. The third kappa shape index (κ3) is 16.4. The summed E-state index contributed by atoms with van der Waals surface area (Å²) in [6, 6.07) is 7.69. The summed E-state index contributed by atoms with van der Waals surface area (Å²) in [4.78, 5) is 0. The number of hydrogen-bond donors (Lipinski definition) is 0. The highest BCUT2D eigenvalue weighted by Crippen LogP contribution is 2.31. The van der Waals surface area contributed by atoms with Crippen molar-refractivity contribution < 1.29 is 51.9 Å². The van der Waals surface area contributed by atoms with Crippen LogP contribution in [-0.2, 0) is 28.4 Å². The van der Waals surface area contributed by atoms with Gasteiger partial charge in [-0.25, -0.2) is 0 Å². The molecule has 290 valence electrons. The maximum Gasteiger partial charge on any atom is 0.224 e. The first-order valence-corrected chi connectivity index (χ1v) is 18.3. The SMILES string of the molecule is CC#Cc1cc(OCCOCCOCCOC)c(C#Cc2cc(OCC)c(C)cc2OC[N+](CC)(CC)CC)cc1OCCOCCOCCOC. The lowest BCUT2D eigenvalue weighted by atomic mass is 10.1. The minimum absolute atomic E-state index is 0.310. The molecule has 0 unspecified atom stereocenters. The first-order valence-electron chi connectivity index (χ1n) is 18.3. The lowest BCUT2D eigenvalue weighted by Crippen LogP contribution is -2.50. The smallest absolute Gasteiger partial charge is 0.224 e. The number of aryl methyl sites for hydroxylation is 1. The van der Waals surface area contributed by atoms with Crippen LogP contribution < -0.4 is 18.9 Å². The zero-order chi connectivity index (χ0) is 37.9. The van der Waals surface area contributed by atoms with E-state index in [-0.39, 0.29) is 0 Å². The van der Waals surface area contributed by atoms with Crippen molar-refractivity contribution in [3.8, 4) is 46.7 Å². The van der Waals surface area contributed by atoms with Crippen LogP contribution >= 0.6 is 0 Å².